The van der Waals surface area contributed by atoms with Crippen molar-refractivity contribution in [1.29, 1.82) is 0 Å². The third-order valence-electron chi connectivity index (χ3n) is 7.79. The molecule has 2 aliphatic rings. The average Bonchev–Trinajstić information content (AvgIpc) is 3.31. The van der Waals surface area contributed by atoms with E-state index in [9.17, 15) is 9.59 Å². The monoisotopic (exact) mass is 486 g/mol. The van der Waals surface area contributed by atoms with E-state index in [0.29, 0.717) is 25.9 Å². The van der Waals surface area contributed by atoms with Crippen LogP contribution < -0.4 is 0 Å². The maximum atomic E-state index is 13.9. The summed E-state index contributed by atoms with van der Waals surface area (Å²) in [6, 6.07) is 13.8. The zero-order valence-corrected chi connectivity index (χ0v) is 21.1. The van der Waals surface area contributed by atoms with Gasteiger partial charge in [-0.25, -0.2) is 4.79 Å². The lowest BCUT2D eigenvalue weighted by atomic mass is 9.85. The minimum atomic E-state index is -0.776. The Kier molecular flexibility index (Phi) is 6.87. The summed E-state index contributed by atoms with van der Waals surface area (Å²) in [5, 5.41) is 4.37. The molecule has 0 radical (unpaired) electrons. The lowest BCUT2D eigenvalue weighted by Gasteiger charge is -2.42. The molecule has 2 aliphatic heterocycles. The van der Waals surface area contributed by atoms with Crippen LogP contribution in [-0.2, 0) is 31.4 Å². The van der Waals surface area contributed by atoms with Crippen LogP contribution in [0.2, 0.25) is 0 Å². The van der Waals surface area contributed by atoms with Gasteiger partial charge in [-0.15, -0.1) is 0 Å². The van der Waals surface area contributed by atoms with Crippen molar-refractivity contribution in [3.8, 4) is 0 Å². The van der Waals surface area contributed by atoms with Crippen molar-refractivity contribution in [3.63, 3.8) is 0 Å². The molecule has 3 aromatic rings. The summed E-state index contributed by atoms with van der Waals surface area (Å²) in [7, 11) is 1.96. The van der Waals surface area contributed by atoms with E-state index in [4.69, 9.17) is 0 Å². The normalized spacial score (nSPS) is 17.9. The van der Waals surface area contributed by atoms with Gasteiger partial charge in [-0.1, -0.05) is 36.4 Å². The summed E-state index contributed by atoms with van der Waals surface area (Å²) in [6.45, 7) is 5.30. The molecule has 8 heteroatoms. The van der Waals surface area contributed by atoms with Crippen LogP contribution in [0.3, 0.4) is 0 Å². The first kappa shape index (κ1) is 24.2. The molecule has 5 rings (SSSR count). The van der Waals surface area contributed by atoms with E-state index < -0.39 is 5.54 Å². The van der Waals surface area contributed by atoms with Gasteiger partial charge in [0, 0.05) is 63.4 Å². The number of hydrogen-bond acceptors (Lipinski definition) is 5. The largest absolute Gasteiger partial charge is 0.327 e. The summed E-state index contributed by atoms with van der Waals surface area (Å²) >= 11 is 0. The molecule has 1 spiro atoms. The van der Waals surface area contributed by atoms with Gasteiger partial charge in [-0.3, -0.25) is 24.3 Å². The first-order valence-corrected chi connectivity index (χ1v) is 12.7. The summed E-state index contributed by atoms with van der Waals surface area (Å²) in [5.41, 5.74) is 3.75. The molecule has 8 nitrogen and oxygen atoms in total. The number of hydrogen-bond donors (Lipinski definition) is 0. The Balaban J connectivity index is 1.32. The molecule has 0 bridgehead atoms. The van der Waals surface area contributed by atoms with Gasteiger partial charge in [0.1, 0.15) is 5.54 Å². The molecule has 188 valence electrons. The highest BCUT2D eigenvalue weighted by atomic mass is 16.2. The number of aromatic nitrogens is 3. The van der Waals surface area contributed by atoms with Crippen molar-refractivity contribution >= 4 is 11.9 Å². The molecule has 0 N–H and O–H groups in total. The van der Waals surface area contributed by atoms with Crippen LogP contribution in [0.5, 0.6) is 0 Å². The van der Waals surface area contributed by atoms with E-state index in [0.717, 1.165) is 49.3 Å². The number of piperidine rings is 1. The molecule has 36 heavy (non-hydrogen) atoms. The quantitative estimate of drug-likeness (QED) is 0.455. The van der Waals surface area contributed by atoms with E-state index in [2.05, 4.69) is 21.9 Å². The van der Waals surface area contributed by atoms with Gasteiger partial charge in [-0.05, 0) is 49.8 Å². The topological polar surface area (TPSA) is 74.6 Å². The first-order chi connectivity index (χ1) is 17.5. The second-order valence-corrected chi connectivity index (χ2v) is 9.96. The van der Waals surface area contributed by atoms with E-state index >= 15 is 0 Å². The Morgan fingerprint density at radius 1 is 0.944 bits per heavy atom. The standard InChI is InChI=1S/C28H34N6O2/c1-22-25(19-30-31(22)2)21-32-16-12-28(13-17-32)26(35)33(15-7-11-23-10-6-14-29-18-23)27(36)34(28)20-24-8-4-3-5-9-24/h3-6,8-10,14,18-19H,7,11-13,15-17,20-21H2,1-2H3. The second kappa shape index (κ2) is 10.2. The summed E-state index contributed by atoms with van der Waals surface area (Å²) < 4.78 is 1.89. The predicted octanol–water partition coefficient (Wildman–Crippen LogP) is 3.56. The van der Waals surface area contributed by atoms with Gasteiger partial charge in [0.15, 0.2) is 0 Å². The average molecular weight is 487 g/mol. The number of rotatable bonds is 8. The Morgan fingerprint density at radius 2 is 1.69 bits per heavy atom. The van der Waals surface area contributed by atoms with Crippen LogP contribution in [0.1, 0.15) is 41.6 Å². The summed E-state index contributed by atoms with van der Waals surface area (Å²) in [6.07, 6.45) is 8.32. The lowest BCUT2D eigenvalue weighted by molar-refractivity contribution is -0.136. The number of pyridine rings is 1. The van der Waals surface area contributed by atoms with Crippen LogP contribution >= 0.6 is 0 Å². The van der Waals surface area contributed by atoms with Gasteiger partial charge in [0.25, 0.3) is 5.91 Å². The second-order valence-electron chi connectivity index (χ2n) is 9.96. The van der Waals surface area contributed by atoms with Gasteiger partial charge >= 0.3 is 6.03 Å². The van der Waals surface area contributed by atoms with Gasteiger partial charge in [0.2, 0.25) is 0 Å². The fourth-order valence-corrected chi connectivity index (χ4v) is 5.46. The maximum absolute atomic E-state index is 13.9. The van der Waals surface area contributed by atoms with Gasteiger partial charge < -0.3 is 4.90 Å². The highest BCUT2D eigenvalue weighted by Gasteiger charge is 2.57. The van der Waals surface area contributed by atoms with Crippen LogP contribution in [0.15, 0.2) is 61.1 Å². The highest BCUT2D eigenvalue weighted by molar-refractivity contribution is 6.07. The number of urea groups is 1. The van der Waals surface area contributed by atoms with Crippen molar-refractivity contribution in [2.75, 3.05) is 19.6 Å². The molecular formula is C28H34N6O2. The highest BCUT2D eigenvalue weighted by Crippen LogP contribution is 2.39. The number of aryl methyl sites for hydroxylation is 2. The van der Waals surface area contributed by atoms with Crippen LogP contribution in [0, 0.1) is 6.92 Å². The third-order valence-corrected chi connectivity index (χ3v) is 7.79. The molecule has 4 heterocycles. The molecule has 0 unspecified atom stereocenters. The van der Waals surface area contributed by atoms with Crippen molar-refractivity contribution in [2.45, 2.75) is 51.2 Å². The first-order valence-electron chi connectivity index (χ1n) is 12.7. The molecule has 2 saturated heterocycles. The number of carbonyl (C=O) groups is 2. The Hall–Kier alpha value is -3.52. The minimum Gasteiger partial charge on any atom is -0.305 e. The molecule has 0 aliphatic carbocycles. The number of likely N-dealkylation sites (tertiary alicyclic amines) is 1. The predicted molar refractivity (Wildman–Crippen MR) is 137 cm³/mol. The number of amides is 3. The summed E-state index contributed by atoms with van der Waals surface area (Å²) in [4.78, 5) is 37.4. The fourth-order valence-electron chi connectivity index (χ4n) is 5.46. The van der Waals surface area contributed by atoms with E-state index in [1.54, 1.807) is 6.20 Å². The molecular weight excluding hydrogens is 452 g/mol. The fraction of sp³-hybridized carbons (Fsp3) is 0.429. The van der Waals surface area contributed by atoms with Crippen molar-refractivity contribution in [2.24, 2.45) is 7.05 Å². The van der Waals surface area contributed by atoms with Crippen LogP contribution in [0.25, 0.3) is 0 Å². The molecule has 3 amide bonds. The Labute approximate surface area is 212 Å². The molecule has 1 aromatic carbocycles. The SMILES string of the molecule is Cc1c(CN2CCC3(CC2)C(=O)N(CCCc2cccnc2)C(=O)N3Cc2ccccc2)cnn1C. The Bertz CT molecular complexity index is 1200. The number of carbonyl (C=O) groups excluding carboxylic acids is 2. The van der Waals surface area contributed by atoms with Crippen molar-refractivity contribution < 1.29 is 9.59 Å². The van der Waals surface area contributed by atoms with E-state index in [1.807, 2.05) is 71.5 Å². The maximum Gasteiger partial charge on any atom is 0.327 e. The van der Waals surface area contributed by atoms with Crippen LogP contribution in [0.4, 0.5) is 4.79 Å². The number of nitrogens with zero attached hydrogens (tertiary/aromatic N) is 6. The molecule has 2 aromatic heterocycles. The lowest BCUT2D eigenvalue weighted by Crippen LogP contribution is -2.56. The van der Waals surface area contributed by atoms with E-state index in [-0.39, 0.29) is 11.9 Å². The van der Waals surface area contributed by atoms with Gasteiger partial charge in [-0.2, -0.15) is 5.10 Å². The molecule has 0 saturated carbocycles. The minimum absolute atomic E-state index is 0.0353. The third kappa shape index (κ3) is 4.65. The molecule has 0 atom stereocenters. The summed E-state index contributed by atoms with van der Waals surface area (Å²) in [5.74, 6) is -0.0353. The van der Waals surface area contributed by atoms with Gasteiger partial charge in [0.05, 0.1) is 6.20 Å². The van der Waals surface area contributed by atoms with Crippen LogP contribution in [-0.4, -0.2) is 66.6 Å². The number of benzene rings is 1. The van der Waals surface area contributed by atoms with Crippen molar-refractivity contribution in [1.82, 2.24) is 29.5 Å². The Morgan fingerprint density at radius 3 is 2.36 bits per heavy atom. The van der Waals surface area contributed by atoms with Crippen molar-refractivity contribution in [3.05, 3.63) is 83.4 Å². The molecule has 2 fully saturated rings. The smallest absolute Gasteiger partial charge is 0.305 e. The van der Waals surface area contributed by atoms with E-state index in [1.165, 1.54) is 10.5 Å². The zero-order valence-electron chi connectivity index (χ0n) is 21.1. The zero-order chi connectivity index (χ0) is 25.1. The number of imide groups is 1.